The van der Waals surface area contributed by atoms with Crippen molar-refractivity contribution in [1.29, 1.82) is 0 Å². The van der Waals surface area contributed by atoms with Crippen LogP contribution >= 0.6 is 0 Å². The number of rotatable bonds is 1. The van der Waals surface area contributed by atoms with Gasteiger partial charge < -0.3 is 15.2 Å². The summed E-state index contributed by atoms with van der Waals surface area (Å²) in [4.78, 5) is 0. The molecule has 3 heteroatoms. The first-order valence-electron chi connectivity index (χ1n) is 7.38. The second kappa shape index (κ2) is 3.66. The van der Waals surface area contributed by atoms with Gasteiger partial charge in [0.2, 0.25) is 0 Å². The van der Waals surface area contributed by atoms with Gasteiger partial charge >= 0.3 is 0 Å². The molecule has 2 aliphatic heterocycles. The average molecular weight is 259 g/mol. The van der Waals surface area contributed by atoms with E-state index in [-0.39, 0.29) is 17.7 Å². The quantitative estimate of drug-likeness (QED) is 0.843. The first-order chi connectivity index (χ1) is 9.07. The summed E-state index contributed by atoms with van der Waals surface area (Å²) in [7, 11) is 0. The summed E-state index contributed by atoms with van der Waals surface area (Å²) in [6.45, 7) is 4.25. The van der Waals surface area contributed by atoms with Crippen LogP contribution in [-0.4, -0.2) is 12.2 Å². The molecule has 0 bridgehead atoms. The van der Waals surface area contributed by atoms with E-state index in [1.165, 1.54) is 23.1 Å². The molecule has 4 rings (SSSR count). The Balaban J connectivity index is 1.92. The van der Waals surface area contributed by atoms with Gasteiger partial charge in [-0.25, -0.2) is 0 Å². The maximum absolute atomic E-state index is 6.63. The Morgan fingerprint density at radius 3 is 2.58 bits per heavy atom. The van der Waals surface area contributed by atoms with Crippen LogP contribution in [0.25, 0.3) is 0 Å². The molecule has 1 aliphatic carbocycles. The van der Waals surface area contributed by atoms with Crippen molar-refractivity contribution in [2.24, 2.45) is 5.73 Å². The van der Waals surface area contributed by atoms with Crippen molar-refractivity contribution in [1.82, 2.24) is 0 Å². The van der Waals surface area contributed by atoms with Crippen molar-refractivity contribution in [3.63, 3.8) is 0 Å². The lowest BCUT2D eigenvalue weighted by Crippen LogP contribution is -2.44. The highest BCUT2D eigenvalue weighted by Crippen LogP contribution is 2.52. The summed E-state index contributed by atoms with van der Waals surface area (Å²) < 4.78 is 12.0. The molecule has 2 N–H and O–H groups in total. The van der Waals surface area contributed by atoms with Crippen LogP contribution in [0.1, 0.15) is 49.8 Å². The van der Waals surface area contributed by atoms with Gasteiger partial charge in [-0.1, -0.05) is 0 Å². The van der Waals surface area contributed by atoms with E-state index in [2.05, 4.69) is 19.9 Å². The monoisotopic (exact) mass is 259 g/mol. The van der Waals surface area contributed by atoms with Crippen LogP contribution in [0.15, 0.2) is 6.07 Å². The Bertz CT molecular complexity index is 512. The Morgan fingerprint density at radius 1 is 1.16 bits per heavy atom. The van der Waals surface area contributed by atoms with Crippen molar-refractivity contribution < 1.29 is 9.47 Å². The first kappa shape index (κ1) is 11.6. The molecule has 3 aliphatic rings. The van der Waals surface area contributed by atoms with Crippen LogP contribution in [-0.2, 0) is 18.4 Å². The molecule has 1 saturated carbocycles. The largest absolute Gasteiger partial charge is 0.490 e. The molecule has 0 radical (unpaired) electrons. The zero-order chi connectivity index (χ0) is 13.2. The van der Waals surface area contributed by atoms with E-state index in [0.717, 1.165) is 37.2 Å². The van der Waals surface area contributed by atoms with E-state index < -0.39 is 0 Å². The van der Waals surface area contributed by atoms with E-state index >= 15 is 0 Å². The molecule has 3 nitrogen and oxygen atoms in total. The minimum absolute atomic E-state index is 0.174. The fourth-order valence-corrected chi connectivity index (χ4v) is 3.76. The summed E-state index contributed by atoms with van der Waals surface area (Å²) in [6, 6.07) is 2.18. The van der Waals surface area contributed by atoms with Gasteiger partial charge in [-0.2, -0.15) is 0 Å². The van der Waals surface area contributed by atoms with E-state index in [9.17, 15) is 0 Å². The number of nitrogens with two attached hydrogens (primary N) is 1. The molecule has 2 unspecified atom stereocenters. The lowest BCUT2D eigenvalue weighted by atomic mass is 9.70. The van der Waals surface area contributed by atoms with Gasteiger partial charge in [-0.3, -0.25) is 0 Å². The number of hydrogen-bond donors (Lipinski definition) is 1. The Labute approximate surface area is 114 Å². The Kier molecular flexibility index (Phi) is 2.23. The molecule has 102 valence electrons. The Hall–Kier alpha value is -1.22. The highest BCUT2D eigenvalue weighted by atomic mass is 16.5. The lowest BCUT2D eigenvalue weighted by Gasteiger charge is -2.40. The summed E-state index contributed by atoms with van der Waals surface area (Å²) in [5, 5.41) is 0. The fourth-order valence-electron chi connectivity index (χ4n) is 3.76. The van der Waals surface area contributed by atoms with Gasteiger partial charge in [0.25, 0.3) is 0 Å². The van der Waals surface area contributed by atoms with Gasteiger partial charge in [-0.05, 0) is 39.2 Å². The molecular weight excluding hydrogens is 238 g/mol. The smallest absolute Gasteiger partial charge is 0.128 e. The van der Waals surface area contributed by atoms with E-state index in [0.29, 0.717) is 0 Å². The molecule has 1 fully saturated rings. The van der Waals surface area contributed by atoms with Crippen molar-refractivity contribution in [3.8, 4) is 11.5 Å². The maximum Gasteiger partial charge on any atom is 0.128 e. The molecule has 1 aromatic rings. The topological polar surface area (TPSA) is 44.5 Å². The van der Waals surface area contributed by atoms with Gasteiger partial charge in [0.15, 0.2) is 0 Å². The van der Waals surface area contributed by atoms with E-state index in [1.807, 2.05) is 0 Å². The predicted octanol–water partition coefficient (Wildman–Crippen LogP) is 2.67. The van der Waals surface area contributed by atoms with Crippen LogP contribution in [0.2, 0.25) is 0 Å². The molecule has 1 aromatic carbocycles. The molecule has 19 heavy (non-hydrogen) atoms. The summed E-state index contributed by atoms with van der Waals surface area (Å²) in [5.41, 5.74) is 10.3. The number of hydrogen-bond acceptors (Lipinski definition) is 3. The van der Waals surface area contributed by atoms with Gasteiger partial charge in [0.05, 0.1) is 0 Å². The zero-order valence-corrected chi connectivity index (χ0v) is 11.7. The minimum Gasteiger partial charge on any atom is -0.490 e. The van der Waals surface area contributed by atoms with Crippen LogP contribution in [0, 0.1) is 0 Å². The summed E-state index contributed by atoms with van der Waals surface area (Å²) in [5.74, 6) is 2.13. The Morgan fingerprint density at radius 2 is 1.89 bits per heavy atom. The standard InChI is InChI=1S/C16H21NO2/c1-9-6-11-8-13-12(7-10(2)18-13)14(15(11)19-9)16(17)4-3-5-16/h8-10H,3-7,17H2,1-2H3. The molecule has 0 saturated heterocycles. The minimum atomic E-state index is -0.174. The van der Waals surface area contributed by atoms with Crippen molar-refractivity contribution >= 4 is 0 Å². The first-order valence-corrected chi connectivity index (χ1v) is 7.38. The average Bonchev–Trinajstić information content (AvgIpc) is 2.83. The number of fused-ring (bicyclic) bond motifs is 2. The summed E-state index contributed by atoms with van der Waals surface area (Å²) >= 11 is 0. The third kappa shape index (κ3) is 1.54. The van der Waals surface area contributed by atoms with Gasteiger partial charge in [-0.15, -0.1) is 0 Å². The normalized spacial score (nSPS) is 30.1. The van der Waals surface area contributed by atoms with Crippen LogP contribution in [0.5, 0.6) is 11.5 Å². The second-order valence-electron chi connectivity index (χ2n) is 6.49. The maximum atomic E-state index is 6.63. The lowest BCUT2D eigenvalue weighted by molar-refractivity contribution is 0.218. The highest BCUT2D eigenvalue weighted by molar-refractivity contribution is 5.60. The molecular formula is C16H21NO2. The summed E-state index contributed by atoms with van der Waals surface area (Å²) in [6.07, 6.45) is 5.83. The van der Waals surface area contributed by atoms with Crippen molar-refractivity contribution in [2.75, 3.05) is 0 Å². The molecule has 0 aromatic heterocycles. The number of benzene rings is 1. The van der Waals surface area contributed by atoms with Gasteiger partial charge in [0.1, 0.15) is 23.7 Å². The van der Waals surface area contributed by atoms with Crippen molar-refractivity contribution in [3.05, 3.63) is 22.8 Å². The zero-order valence-electron chi connectivity index (χ0n) is 11.7. The predicted molar refractivity (Wildman–Crippen MR) is 73.7 cm³/mol. The van der Waals surface area contributed by atoms with Crippen LogP contribution in [0.3, 0.4) is 0 Å². The van der Waals surface area contributed by atoms with Crippen molar-refractivity contribution in [2.45, 2.75) is 63.7 Å². The SMILES string of the molecule is CC1Cc2c(cc3c(c2C2(N)CCC2)OC(C)C3)O1. The molecule has 0 amide bonds. The van der Waals surface area contributed by atoms with E-state index in [4.69, 9.17) is 15.2 Å². The van der Waals surface area contributed by atoms with Crippen LogP contribution in [0.4, 0.5) is 0 Å². The van der Waals surface area contributed by atoms with Gasteiger partial charge in [0, 0.05) is 35.1 Å². The number of ether oxygens (including phenoxy) is 2. The van der Waals surface area contributed by atoms with E-state index in [1.54, 1.807) is 0 Å². The highest BCUT2D eigenvalue weighted by Gasteiger charge is 2.43. The second-order valence-corrected chi connectivity index (χ2v) is 6.49. The fraction of sp³-hybridized carbons (Fsp3) is 0.625. The third-order valence-corrected chi connectivity index (χ3v) is 4.81. The molecule has 0 spiro atoms. The molecule has 2 atom stereocenters. The molecule has 2 heterocycles. The van der Waals surface area contributed by atoms with Crippen LogP contribution < -0.4 is 15.2 Å². The third-order valence-electron chi connectivity index (χ3n) is 4.81.